The van der Waals surface area contributed by atoms with E-state index in [4.69, 9.17) is 10.5 Å². The van der Waals surface area contributed by atoms with Gasteiger partial charge < -0.3 is 15.4 Å². The quantitative estimate of drug-likeness (QED) is 0.789. The predicted molar refractivity (Wildman–Crippen MR) is 59.7 cm³/mol. The van der Waals surface area contributed by atoms with Crippen molar-refractivity contribution in [1.29, 1.82) is 0 Å². The first kappa shape index (κ1) is 11.7. The smallest absolute Gasteiger partial charge is 0.246 e. The van der Waals surface area contributed by atoms with Gasteiger partial charge in [-0.25, -0.2) is 0 Å². The molecule has 4 nitrogen and oxygen atoms in total. The first-order chi connectivity index (χ1) is 7.16. The van der Waals surface area contributed by atoms with Gasteiger partial charge in [-0.3, -0.25) is 4.79 Å². The van der Waals surface area contributed by atoms with E-state index in [0.717, 1.165) is 5.69 Å². The van der Waals surface area contributed by atoms with Crippen molar-refractivity contribution in [2.75, 3.05) is 25.7 Å². The van der Waals surface area contributed by atoms with Gasteiger partial charge in [-0.15, -0.1) is 0 Å². The van der Waals surface area contributed by atoms with Gasteiger partial charge in [0, 0.05) is 19.8 Å². The van der Waals surface area contributed by atoms with E-state index >= 15 is 0 Å². The maximum absolute atomic E-state index is 11.8. The number of carbonyl (C=O) groups excluding carboxylic acids is 1. The number of hydrogen-bond acceptors (Lipinski definition) is 3. The second-order valence-electron chi connectivity index (χ2n) is 3.29. The van der Waals surface area contributed by atoms with Crippen molar-refractivity contribution in [1.82, 2.24) is 0 Å². The minimum atomic E-state index is -0.611. The van der Waals surface area contributed by atoms with E-state index in [1.807, 2.05) is 30.3 Å². The van der Waals surface area contributed by atoms with Crippen LogP contribution in [-0.2, 0) is 9.53 Å². The molecular formula is C11H16N2O2. The van der Waals surface area contributed by atoms with Crippen molar-refractivity contribution in [2.45, 2.75) is 6.04 Å². The molecule has 0 saturated carbocycles. The third kappa shape index (κ3) is 3.04. The summed E-state index contributed by atoms with van der Waals surface area (Å²) in [6.45, 7) is 0.232. The predicted octanol–water partition coefficient (Wildman–Crippen LogP) is 0.623. The number of para-hydroxylation sites is 1. The molecule has 15 heavy (non-hydrogen) atoms. The summed E-state index contributed by atoms with van der Waals surface area (Å²) in [7, 11) is 3.23. The number of amides is 1. The SMILES string of the molecule is COCC(N)C(=O)N(C)c1ccccc1. The van der Waals surface area contributed by atoms with Crippen LogP contribution in [0.5, 0.6) is 0 Å². The number of nitrogens with zero attached hydrogens (tertiary/aromatic N) is 1. The first-order valence-electron chi connectivity index (χ1n) is 4.74. The van der Waals surface area contributed by atoms with Crippen LogP contribution in [0, 0.1) is 0 Å². The average molecular weight is 208 g/mol. The fourth-order valence-electron chi connectivity index (χ4n) is 1.28. The van der Waals surface area contributed by atoms with Crippen LogP contribution in [0.1, 0.15) is 0 Å². The molecule has 1 atom stereocenters. The van der Waals surface area contributed by atoms with Gasteiger partial charge in [-0.1, -0.05) is 18.2 Å². The number of methoxy groups -OCH3 is 1. The van der Waals surface area contributed by atoms with Crippen molar-refractivity contribution in [2.24, 2.45) is 5.73 Å². The van der Waals surface area contributed by atoms with Crippen LogP contribution < -0.4 is 10.6 Å². The lowest BCUT2D eigenvalue weighted by Gasteiger charge is -2.20. The van der Waals surface area contributed by atoms with Gasteiger partial charge in [0.25, 0.3) is 0 Å². The van der Waals surface area contributed by atoms with Crippen molar-refractivity contribution in [3.05, 3.63) is 30.3 Å². The Kier molecular flexibility index (Phi) is 4.27. The second kappa shape index (κ2) is 5.48. The first-order valence-corrected chi connectivity index (χ1v) is 4.74. The van der Waals surface area contributed by atoms with E-state index in [-0.39, 0.29) is 12.5 Å². The summed E-state index contributed by atoms with van der Waals surface area (Å²) in [5.41, 5.74) is 6.48. The number of carbonyl (C=O) groups is 1. The molecule has 0 bridgehead atoms. The highest BCUT2D eigenvalue weighted by Gasteiger charge is 2.18. The summed E-state index contributed by atoms with van der Waals surface area (Å²) in [6, 6.07) is 8.76. The molecule has 1 rings (SSSR count). The molecule has 0 spiro atoms. The maximum Gasteiger partial charge on any atom is 0.246 e. The lowest BCUT2D eigenvalue weighted by atomic mass is 10.2. The molecule has 1 aromatic carbocycles. The van der Waals surface area contributed by atoms with Crippen LogP contribution in [-0.4, -0.2) is 32.7 Å². The van der Waals surface area contributed by atoms with E-state index < -0.39 is 6.04 Å². The average Bonchev–Trinajstić information content (AvgIpc) is 2.28. The molecule has 2 N–H and O–H groups in total. The van der Waals surface area contributed by atoms with E-state index in [2.05, 4.69) is 0 Å². The highest BCUT2D eigenvalue weighted by Crippen LogP contribution is 2.11. The van der Waals surface area contributed by atoms with Gasteiger partial charge >= 0.3 is 0 Å². The maximum atomic E-state index is 11.8. The largest absolute Gasteiger partial charge is 0.383 e. The number of hydrogen-bond donors (Lipinski definition) is 1. The molecule has 0 aliphatic heterocycles. The van der Waals surface area contributed by atoms with E-state index in [1.54, 1.807) is 7.05 Å². The van der Waals surface area contributed by atoms with Crippen molar-refractivity contribution in [3.8, 4) is 0 Å². The third-order valence-corrected chi connectivity index (χ3v) is 2.14. The fraction of sp³-hybridized carbons (Fsp3) is 0.364. The Morgan fingerprint density at radius 3 is 2.60 bits per heavy atom. The standard InChI is InChI=1S/C11H16N2O2/c1-13(9-6-4-3-5-7-9)11(14)10(12)8-15-2/h3-7,10H,8,12H2,1-2H3. The lowest BCUT2D eigenvalue weighted by Crippen LogP contribution is -2.44. The zero-order chi connectivity index (χ0) is 11.3. The molecule has 1 aromatic rings. The van der Waals surface area contributed by atoms with Crippen LogP contribution in [0.2, 0.25) is 0 Å². The molecule has 0 fully saturated rings. The molecule has 82 valence electrons. The number of likely N-dealkylation sites (N-methyl/N-ethyl adjacent to an activating group) is 1. The van der Waals surface area contributed by atoms with E-state index in [0.29, 0.717) is 0 Å². The van der Waals surface area contributed by atoms with Crippen LogP contribution in [0.15, 0.2) is 30.3 Å². The fourth-order valence-corrected chi connectivity index (χ4v) is 1.28. The normalized spacial score (nSPS) is 12.2. The Bertz CT molecular complexity index is 314. The van der Waals surface area contributed by atoms with Crippen molar-refractivity contribution >= 4 is 11.6 Å². The Morgan fingerprint density at radius 2 is 2.07 bits per heavy atom. The van der Waals surface area contributed by atoms with Crippen LogP contribution in [0.25, 0.3) is 0 Å². The van der Waals surface area contributed by atoms with Crippen LogP contribution >= 0.6 is 0 Å². The number of rotatable bonds is 4. The van der Waals surface area contributed by atoms with Gasteiger partial charge in [-0.2, -0.15) is 0 Å². The highest BCUT2D eigenvalue weighted by molar-refractivity contribution is 5.96. The Balaban J connectivity index is 2.69. The summed E-state index contributed by atoms with van der Waals surface area (Å²) in [5.74, 6) is -0.150. The Labute approximate surface area is 89.6 Å². The topological polar surface area (TPSA) is 55.6 Å². The number of benzene rings is 1. The minimum Gasteiger partial charge on any atom is -0.383 e. The Hall–Kier alpha value is -1.39. The summed E-state index contributed by atoms with van der Waals surface area (Å²) in [6.07, 6.45) is 0. The van der Waals surface area contributed by atoms with E-state index in [9.17, 15) is 4.79 Å². The highest BCUT2D eigenvalue weighted by atomic mass is 16.5. The minimum absolute atomic E-state index is 0.150. The molecule has 0 saturated heterocycles. The number of anilines is 1. The molecule has 0 radical (unpaired) electrons. The molecule has 1 unspecified atom stereocenters. The molecule has 0 aliphatic rings. The van der Waals surface area contributed by atoms with E-state index in [1.165, 1.54) is 12.0 Å². The zero-order valence-electron chi connectivity index (χ0n) is 9.01. The summed E-state index contributed by atoms with van der Waals surface area (Å²) >= 11 is 0. The molecule has 0 aliphatic carbocycles. The summed E-state index contributed by atoms with van der Waals surface area (Å²) in [5, 5.41) is 0. The van der Waals surface area contributed by atoms with Gasteiger partial charge in [0.05, 0.1) is 6.61 Å². The van der Waals surface area contributed by atoms with Crippen molar-refractivity contribution < 1.29 is 9.53 Å². The molecule has 1 amide bonds. The van der Waals surface area contributed by atoms with Gasteiger partial charge in [-0.05, 0) is 12.1 Å². The molecular weight excluding hydrogens is 192 g/mol. The second-order valence-corrected chi connectivity index (χ2v) is 3.29. The zero-order valence-corrected chi connectivity index (χ0v) is 9.01. The summed E-state index contributed by atoms with van der Waals surface area (Å²) in [4.78, 5) is 13.3. The molecule has 0 aromatic heterocycles. The van der Waals surface area contributed by atoms with Crippen LogP contribution in [0.3, 0.4) is 0 Å². The monoisotopic (exact) mass is 208 g/mol. The van der Waals surface area contributed by atoms with Crippen molar-refractivity contribution in [3.63, 3.8) is 0 Å². The Morgan fingerprint density at radius 1 is 1.47 bits per heavy atom. The van der Waals surface area contributed by atoms with Crippen LogP contribution in [0.4, 0.5) is 5.69 Å². The number of ether oxygens (including phenoxy) is 1. The van der Waals surface area contributed by atoms with Gasteiger partial charge in [0.15, 0.2) is 0 Å². The third-order valence-electron chi connectivity index (χ3n) is 2.14. The number of nitrogens with two attached hydrogens (primary N) is 1. The van der Waals surface area contributed by atoms with Gasteiger partial charge in [0.1, 0.15) is 6.04 Å². The molecule has 0 heterocycles. The lowest BCUT2D eigenvalue weighted by molar-refractivity contribution is -0.120. The van der Waals surface area contributed by atoms with Gasteiger partial charge in [0.2, 0.25) is 5.91 Å². The summed E-state index contributed by atoms with van der Waals surface area (Å²) < 4.78 is 4.84. The molecule has 4 heteroatoms.